The molecule has 7 rings (SSSR count). The number of likely N-dealkylation sites (tertiary alicyclic amines) is 2. The van der Waals surface area contributed by atoms with Crippen molar-refractivity contribution >= 4 is 24.0 Å². The number of rotatable bonds is 10. The number of methoxy groups -OCH3 is 2. The summed E-state index contributed by atoms with van der Waals surface area (Å²) in [6, 6.07) is 15.3. The van der Waals surface area contributed by atoms with Crippen molar-refractivity contribution in [2.45, 2.75) is 69.6 Å². The van der Waals surface area contributed by atoms with Crippen LogP contribution in [0.5, 0.6) is 0 Å². The lowest BCUT2D eigenvalue weighted by Crippen LogP contribution is -2.60. The fourth-order valence-electron chi connectivity index (χ4n) is 7.88. The van der Waals surface area contributed by atoms with E-state index in [-0.39, 0.29) is 36.4 Å². The highest BCUT2D eigenvalue weighted by Crippen LogP contribution is 2.36. The highest BCUT2D eigenvalue weighted by molar-refractivity contribution is 5.91. The lowest BCUT2D eigenvalue weighted by molar-refractivity contribution is -0.139. The lowest BCUT2D eigenvalue weighted by atomic mass is 9.96. The second-order valence-electron chi connectivity index (χ2n) is 14.7. The molecule has 0 spiro atoms. The van der Waals surface area contributed by atoms with Gasteiger partial charge in [0.05, 0.1) is 56.7 Å². The zero-order chi connectivity index (χ0) is 38.7. The second kappa shape index (κ2) is 16.0. The maximum absolute atomic E-state index is 13.8. The molecular formula is C40H48N8O7. The Hall–Kier alpha value is -5.70. The average Bonchev–Trinajstić information content (AvgIpc) is 4.06. The third-order valence-corrected chi connectivity index (χ3v) is 10.9. The Morgan fingerprint density at radius 2 is 1.29 bits per heavy atom. The van der Waals surface area contributed by atoms with Crippen molar-refractivity contribution in [3.8, 4) is 33.6 Å². The van der Waals surface area contributed by atoms with Crippen LogP contribution in [0, 0.1) is 5.92 Å². The molecule has 0 aliphatic carbocycles. The predicted octanol–water partition coefficient (Wildman–Crippen LogP) is 5.36. The Kier molecular flexibility index (Phi) is 10.9. The second-order valence-corrected chi connectivity index (χ2v) is 14.7. The standard InChI is InChI=1S/C40H48N8O7/c1-24(2)33(45-38(51)53-3)36(49)47-18-5-7-31(47)34-41-21-29(43-34)27-13-9-25(10-14-27)26-11-15-28(16-12-26)30-22-42-35(44-30)32-8-6-19-48(32)37(50)40(17-20-55-23-40)46-39(52)54-4/h9-16,21-22,24,31-33H,5-8,17-20,23H2,1-4H3,(H,41,43)(H,42,44)(H,45,51)(H,46,52)/t31-,32-,33-,40-/m0/s1. The van der Waals surface area contributed by atoms with E-state index in [1.165, 1.54) is 14.2 Å². The van der Waals surface area contributed by atoms with E-state index in [1.807, 2.05) is 38.1 Å². The number of nitrogens with one attached hydrogen (secondary N) is 4. The zero-order valence-corrected chi connectivity index (χ0v) is 31.6. The number of aromatic nitrogens is 4. The molecule has 0 bridgehead atoms. The monoisotopic (exact) mass is 752 g/mol. The minimum Gasteiger partial charge on any atom is -0.453 e. The van der Waals surface area contributed by atoms with Crippen LogP contribution in [0.1, 0.15) is 69.7 Å². The van der Waals surface area contributed by atoms with Crippen LogP contribution < -0.4 is 10.6 Å². The fraction of sp³-hybridized carbons (Fsp3) is 0.450. The molecule has 4 amide bonds. The van der Waals surface area contributed by atoms with Gasteiger partial charge in [0.15, 0.2) is 0 Å². The molecule has 0 unspecified atom stereocenters. The number of ether oxygens (including phenoxy) is 3. The molecule has 15 nitrogen and oxygen atoms in total. The van der Waals surface area contributed by atoms with Gasteiger partial charge in [-0.25, -0.2) is 19.6 Å². The average molecular weight is 753 g/mol. The Bertz CT molecular complexity index is 2000. The van der Waals surface area contributed by atoms with E-state index in [9.17, 15) is 19.2 Å². The lowest BCUT2D eigenvalue weighted by Gasteiger charge is -2.34. The van der Waals surface area contributed by atoms with Gasteiger partial charge in [0.1, 0.15) is 23.2 Å². The van der Waals surface area contributed by atoms with Gasteiger partial charge in [0, 0.05) is 26.1 Å². The normalized spacial score (nSPS) is 21.5. The molecule has 3 saturated heterocycles. The molecule has 290 valence electrons. The maximum Gasteiger partial charge on any atom is 0.407 e. The van der Waals surface area contributed by atoms with Crippen LogP contribution in [0.3, 0.4) is 0 Å². The maximum atomic E-state index is 13.8. The van der Waals surface area contributed by atoms with Gasteiger partial charge in [-0.3, -0.25) is 9.59 Å². The Morgan fingerprint density at radius 1 is 0.782 bits per heavy atom. The number of benzene rings is 2. The van der Waals surface area contributed by atoms with Gasteiger partial charge >= 0.3 is 12.2 Å². The summed E-state index contributed by atoms with van der Waals surface area (Å²) in [4.78, 5) is 71.2. The molecule has 4 N–H and O–H groups in total. The number of imidazole rings is 2. The van der Waals surface area contributed by atoms with E-state index in [2.05, 4.69) is 54.8 Å². The molecule has 2 aromatic heterocycles. The summed E-state index contributed by atoms with van der Waals surface area (Å²) in [6.07, 6.45) is 5.91. The highest BCUT2D eigenvalue weighted by atomic mass is 16.5. The third kappa shape index (κ3) is 7.66. The van der Waals surface area contributed by atoms with Gasteiger partial charge in [-0.15, -0.1) is 0 Å². The number of hydrogen-bond donors (Lipinski definition) is 4. The molecule has 55 heavy (non-hydrogen) atoms. The molecule has 4 atom stereocenters. The van der Waals surface area contributed by atoms with E-state index in [1.54, 1.807) is 22.2 Å². The number of amides is 4. The van der Waals surface area contributed by atoms with Gasteiger partial charge in [0.2, 0.25) is 5.91 Å². The number of carbonyl (C=O) groups is 4. The minimum absolute atomic E-state index is 0.105. The molecule has 5 heterocycles. The van der Waals surface area contributed by atoms with Crippen LogP contribution in [-0.2, 0) is 23.8 Å². The summed E-state index contributed by atoms with van der Waals surface area (Å²) in [7, 11) is 2.57. The number of H-pyrrole nitrogens is 2. The summed E-state index contributed by atoms with van der Waals surface area (Å²) in [5.41, 5.74) is 4.59. The first kappa shape index (κ1) is 37.6. The highest BCUT2D eigenvalue weighted by Gasteiger charge is 2.49. The predicted molar refractivity (Wildman–Crippen MR) is 202 cm³/mol. The number of carbonyl (C=O) groups excluding carboxylic acids is 4. The quantitative estimate of drug-likeness (QED) is 0.166. The molecule has 2 aromatic carbocycles. The molecule has 0 saturated carbocycles. The first-order valence-corrected chi connectivity index (χ1v) is 18.8. The van der Waals surface area contributed by atoms with Crippen LogP contribution in [0.15, 0.2) is 60.9 Å². The summed E-state index contributed by atoms with van der Waals surface area (Å²) in [5, 5.41) is 5.43. The Morgan fingerprint density at radius 3 is 1.78 bits per heavy atom. The van der Waals surface area contributed by atoms with E-state index < -0.39 is 23.8 Å². The molecular weight excluding hydrogens is 704 g/mol. The Labute approximate surface area is 319 Å². The van der Waals surface area contributed by atoms with Gasteiger partial charge in [-0.05, 0) is 53.9 Å². The number of nitrogens with zero attached hydrogens (tertiary/aromatic N) is 4. The van der Waals surface area contributed by atoms with Crippen molar-refractivity contribution in [2.24, 2.45) is 5.92 Å². The first-order chi connectivity index (χ1) is 26.6. The van der Waals surface area contributed by atoms with E-state index in [0.29, 0.717) is 31.9 Å². The van der Waals surface area contributed by atoms with Gasteiger partial charge < -0.3 is 44.6 Å². The van der Waals surface area contributed by atoms with E-state index >= 15 is 0 Å². The number of hydrogen-bond acceptors (Lipinski definition) is 9. The van der Waals surface area contributed by atoms with Crippen LogP contribution in [-0.4, -0.2) is 106 Å². The van der Waals surface area contributed by atoms with Crippen LogP contribution in [0.25, 0.3) is 33.6 Å². The summed E-state index contributed by atoms with van der Waals surface area (Å²) in [5.74, 6) is 0.995. The van der Waals surface area contributed by atoms with Gasteiger partial charge in [-0.2, -0.15) is 0 Å². The fourth-order valence-corrected chi connectivity index (χ4v) is 7.88. The molecule has 3 aliphatic rings. The van der Waals surface area contributed by atoms with Crippen molar-refractivity contribution in [3.63, 3.8) is 0 Å². The van der Waals surface area contributed by atoms with E-state index in [0.717, 1.165) is 65.1 Å². The van der Waals surface area contributed by atoms with E-state index in [4.69, 9.17) is 14.2 Å². The van der Waals surface area contributed by atoms with Gasteiger partial charge in [0.25, 0.3) is 5.91 Å². The van der Waals surface area contributed by atoms with Crippen molar-refractivity contribution < 1.29 is 33.4 Å². The zero-order valence-electron chi connectivity index (χ0n) is 31.6. The van der Waals surface area contributed by atoms with Crippen LogP contribution in [0.2, 0.25) is 0 Å². The number of alkyl carbamates (subject to hydrolysis) is 2. The SMILES string of the molecule is COC(=O)N[C@H](C(=O)N1CCC[C@H]1c1ncc(-c2ccc(-c3ccc(-c4cnc([C@@H]5CCCN5C(=O)[C@]5(NC(=O)OC)CCOC5)[nH]4)cc3)cc2)[nH]1)C(C)C. The number of aromatic amines is 2. The Balaban J connectivity index is 1.00. The molecule has 3 fully saturated rings. The summed E-state index contributed by atoms with van der Waals surface area (Å²) >= 11 is 0. The van der Waals surface area contributed by atoms with Crippen LogP contribution >= 0.6 is 0 Å². The molecule has 0 radical (unpaired) electrons. The topological polar surface area (TPSA) is 184 Å². The van der Waals surface area contributed by atoms with Crippen LogP contribution in [0.4, 0.5) is 9.59 Å². The van der Waals surface area contributed by atoms with Crippen molar-refractivity contribution in [2.75, 3.05) is 40.5 Å². The molecule has 4 aromatic rings. The van der Waals surface area contributed by atoms with Crippen molar-refractivity contribution in [3.05, 3.63) is 72.6 Å². The summed E-state index contributed by atoms with van der Waals surface area (Å²) < 4.78 is 15.1. The van der Waals surface area contributed by atoms with Crippen molar-refractivity contribution in [1.82, 2.24) is 40.4 Å². The third-order valence-electron chi connectivity index (χ3n) is 10.9. The smallest absolute Gasteiger partial charge is 0.407 e. The van der Waals surface area contributed by atoms with Crippen molar-refractivity contribution in [1.29, 1.82) is 0 Å². The minimum atomic E-state index is -1.15. The molecule has 15 heteroatoms. The van der Waals surface area contributed by atoms with Gasteiger partial charge in [-0.1, -0.05) is 62.4 Å². The first-order valence-electron chi connectivity index (χ1n) is 18.8. The summed E-state index contributed by atoms with van der Waals surface area (Å²) in [6.45, 7) is 5.44. The molecule has 3 aliphatic heterocycles. The largest absolute Gasteiger partial charge is 0.453 e.